The first-order valence-corrected chi connectivity index (χ1v) is 7.64. The molecule has 0 radical (unpaired) electrons. The normalized spacial score (nSPS) is 13.9. The molecule has 118 valence electrons. The molecular weight excluding hydrogens is 337 g/mol. The van der Waals surface area contributed by atoms with E-state index in [1.807, 2.05) is 31.2 Å². The van der Waals surface area contributed by atoms with Gasteiger partial charge in [0.15, 0.2) is 5.75 Å². The predicted molar refractivity (Wildman–Crippen MR) is 92.1 cm³/mol. The number of benzene rings is 2. The molecular formula is C16H13Cl2N3O2. The molecule has 1 heterocycles. The van der Waals surface area contributed by atoms with Gasteiger partial charge in [0.2, 0.25) is 0 Å². The smallest absolute Gasteiger partial charge is 0.342 e. The van der Waals surface area contributed by atoms with Crippen molar-refractivity contribution in [2.45, 2.75) is 6.92 Å². The van der Waals surface area contributed by atoms with Crippen LogP contribution in [-0.2, 0) is 0 Å². The number of aryl methyl sites for hydroxylation is 1. The molecule has 1 aliphatic rings. The lowest BCUT2D eigenvalue weighted by Gasteiger charge is -2.21. The number of rotatable bonds is 3. The number of urea groups is 1. The maximum atomic E-state index is 11.8. The summed E-state index contributed by atoms with van der Waals surface area (Å²) in [6, 6.07) is 10.3. The fourth-order valence-electron chi connectivity index (χ4n) is 2.06. The highest BCUT2D eigenvalue weighted by Crippen LogP contribution is 2.40. The van der Waals surface area contributed by atoms with E-state index in [0.29, 0.717) is 33.8 Å². The molecule has 2 aromatic carbocycles. The summed E-state index contributed by atoms with van der Waals surface area (Å²) in [7, 11) is 0. The number of nitrogens with one attached hydrogen (secondary N) is 1. The molecule has 2 aromatic rings. The average Bonchev–Trinajstić information content (AvgIpc) is 2.53. The molecule has 0 aromatic heterocycles. The summed E-state index contributed by atoms with van der Waals surface area (Å²) in [5.74, 6) is 0.961. The van der Waals surface area contributed by atoms with Gasteiger partial charge >= 0.3 is 6.03 Å². The molecule has 0 atom stereocenters. The number of hydrazone groups is 1. The third-order valence-electron chi connectivity index (χ3n) is 3.20. The molecule has 0 saturated carbocycles. The highest BCUT2D eigenvalue weighted by atomic mass is 35.5. The van der Waals surface area contributed by atoms with Crippen LogP contribution in [0.2, 0.25) is 10.0 Å². The van der Waals surface area contributed by atoms with E-state index in [1.165, 1.54) is 5.01 Å². The second-order valence-electron chi connectivity index (χ2n) is 4.95. The van der Waals surface area contributed by atoms with Gasteiger partial charge in [-0.15, -0.1) is 0 Å². The lowest BCUT2D eigenvalue weighted by molar-refractivity contribution is 0.247. The van der Waals surface area contributed by atoms with E-state index in [4.69, 9.17) is 27.9 Å². The number of amides is 2. The monoisotopic (exact) mass is 349 g/mol. The first-order valence-electron chi connectivity index (χ1n) is 6.88. The second kappa shape index (κ2) is 6.48. The van der Waals surface area contributed by atoms with Crippen molar-refractivity contribution in [2.24, 2.45) is 5.10 Å². The summed E-state index contributed by atoms with van der Waals surface area (Å²) in [4.78, 5) is 11.8. The average molecular weight is 350 g/mol. The number of hydrogen-bond donors (Lipinski definition) is 1. The topological polar surface area (TPSA) is 53.9 Å². The quantitative estimate of drug-likeness (QED) is 0.879. The van der Waals surface area contributed by atoms with Crippen LogP contribution in [-0.4, -0.2) is 18.8 Å². The summed E-state index contributed by atoms with van der Waals surface area (Å²) in [6.07, 6.45) is 1.58. The molecule has 5 nitrogen and oxygen atoms in total. The van der Waals surface area contributed by atoms with Crippen LogP contribution in [0.4, 0.5) is 10.5 Å². The van der Waals surface area contributed by atoms with E-state index in [1.54, 1.807) is 18.3 Å². The Hall–Kier alpha value is -2.24. The number of ether oxygens (including phenoxy) is 1. The molecule has 23 heavy (non-hydrogen) atoms. The second-order valence-corrected chi connectivity index (χ2v) is 5.76. The molecule has 0 fully saturated rings. The van der Waals surface area contributed by atoms with Crippen molar-refractivity contribution in [3.05, 3.63) is 52.0 Å². The van der Waals surface area contributed by atoms with Gasteiger partial charge in [-0.3, -0.25) is 0 Å². The molecule has 0 unspecified atom stereocenters. The van der Waals surface area contributed by atoms with Crippen molar-refractivity contribution < 1.29 is 9.53 Å². The van der Waals surface area contributed by atoms with Gasteiger partial charge in [0.25, 0.3) is 0 Å². The zero-order valence-electron chi connectivity index (χ0n) is 12.2. The Morgan fingerprint density at radius 2 is 1.83 bits per heavy atom. The van der Waals surface area contributed by atoms with Crippen molar-refractivity contribution in [1.29, 1.82) is 0 Å². The van der Waals surface area contributed by atoms with Crippen LogP contribution in [0.25, 0.3) is 0 Å². The van der Waals surface area contributed by atoms with Gasteiger partial charge in [-0.05, 0) is 31.2 Å². The van der Waals surface area contributed by atoms with Crippen molar-refractivity contribution in [2.75, 3.05) is 11.6 Å². The number of nitrogens with zero attached hydrogens (tertiary/aromatic N) is 2. The number of anilines is 1. The van der Waals surface area contributed by atoms with Crippen molar-refractivity contribution in [3.8, 4) is 11.5 Å². The van der Waals surface area contributed by atoms with E-state index in [9.17, 15) is 4.79 Å². The summed E-state index contributed by atoms with van der Waals surface area (Å²) in [5.41, 5.74) is 1.59. The maximum Gasteiger partial charge on any atom is 0.342 e. The molecule has 1 aliphatic heterocycles. The minimum Gasteiger partial charge on any atom is -0.454 e. The Bertz CT molecular complexity index is 752. The van der Waals surface area contributed by atoms with Crippen LogP contribution in [0.3, 0.4) is 0 Å². The van der Waals surface area contributed by atoms with Crippen LogP contribution < -0.4 is 15.1 Å². The Labute approximate surface area is 143 Å². The molecule has 2 amide bonds. The first kappa shape index (κ1) is 15.6. The number of carbonyl (C=O) groups is 1. The van der Waals surface area contributed by atoms with Gasteiger partial charge in [0.1, 0.15) is 5.75 Å². The van der Waals surface area contributed by atoms with E-state index in [-0.39, 0.29) is 6.03 Å². The zero-order valence-corrected chi connectivity index (χ0v) is 13.7. The third kappa shape index (κ3) is 3.41. The molecule has 1 N–H and O–H groups in total. The van der Waals surface area contributed by atoms with Crippen LogP contribution in [0, 0.1) is 6.92 Å². The van der Waals surface area contributed by atoms with Gasteiger partial charge < -0.3 is 10.1 Å². The van der Waals surface area contributed by atoms with Crippen LogP contribution in [0.1, 0.15) is 5.56 Å². The van der Waals surface area contributed by atoms with Crippen LogP contribution in [0.5, 0.6) is 11.5 Å². The minimum atomic E-state index is -0.341. The Kier molecular flexibility index (Phi) is 4.41. The van der Waals surface area contributed by atoms with E-state index in [2.05, 4.69) is 10.4 Å². The standard InChI is InChI=1S/C16H13Cl2N3O2/c1-10-2-4-12(5-3-10)23-15-13(17)8-11(9-14(15)18)21-16(22)19-6-7-20-21/h2-5,7-9H,6H2,1H3,(H,19,22). The predicted octanol–water partition coefficient (Wildman–Crippen LogP) is 4.61. The molecule has 0 aliphatic carbocycles. The van der Waals surface area contributed by atoms with E-state index >= 15 is 0 Å². The number of halogens is 2. The molecule has 3 rings (SSSR count). The molecule has 0 spiro atoms. The van der Waals surface area contributed by atoms with Crippen molar-refractivity contribution in [1.82, 2.24) is 5.32 Å². The highest BCUT2D eigenvalue weighted by molar-refractivity contribution is 6.37. The Morgan fingerprint density at radius 1 is 1.17 bits per heavy atom. The molecule has 0 bridgehead atoms. The Morgan fingerprint density at radius 3 is 2.43 bits per heavy atom. The van der Waals surface area contributed by atoms with Crippen molar-refractivity contribution in [3.63, 3.8) is 0 Å². The number of hydrogen-bond acceptors (Lipinski definition) is 3. The van der Waals surface area contributed by atoms with Crippen LogP contribution in [0.15, 0.2) is 41.5 Å². The Balaban J connectivity index is 1.91. The lowest BCUT2D eigenvalue weighted by Crippen LogP contribution is -2.41. The minimum absolute atomic E-state index is 0.293. The lowest BCUT2D eigenvalue weighted by atomic mass is 10.2. The van der Waals surface area contributed by atoms with Gasteiger partial charge in [0, 0.05) is 6.21 Å². The summed E-state index contributed by atoms with van der Waals surface area (Å²) < 4.78 is 5.74. The van der Waals surface area contributed by atoms with Gasteiger partial charge in [-0.2, -0.15) is 10.1 Å². The summed E-state index contributed by atoms with van der Waals surface area (Å²) in [5, 5.41) is 8.45. The first-order chi connectivity index (χ1) is 11.0. The summed E-state index contributed by atoms with van der Waals surface area (Å²) in [6.45, 7) is 2.38. The van der Waals surface area contributed by atoms with E-state index < -0.39 is 0 Å². The fourth-order valence-corrected chi connectivity index (χ4v) is 2.61. The fraction of sp³-hybridized carbons (Fsp3) is 0.125. The largest absolute Gasteiger partial charge is 0.454 e. The highest BCUT2D eigenvalue weighted by Gasteiger charge is 2.20. The summed E-state index contributed by atoms with van der Waals surface area (Å²) >= 11 is 12.5. The maximum absolute atomic E-state index is 11.8. The molecule has 0 saturated heterocycles. The zero-order chi connectivity index (χ0) is 16.4. The van der Waals surface area contributed by atoms with Crippen LogP contribution >= 0.6 is 23.2 Å². The van der Waals surface area contributed by atoms with Crippen molar-refractivity contribution >= 4 is 41.1 Å². The number of carbonyl (C=O) groups excluding carboxylic acids is 1. The van der Waals surface area contributed by atoms with E-state index in [0.717, 1.165) is 5.56 Å². The molecule has 7 heteroatoms. The van der Waals surface area contributed by atoms with Gasteiger partial charge in [0.05, 0.1) is 22.3 Å². The third-order valence-corrected chi connectivity index (χ3v) is 3.76. The van der Waals surface area contributed by atoms with Gasteiger partial charge in [-0.25, -0.2) is 4.79 Å². The van der Waals surface area contributed by atoms with Gasteiger partial charge in [-0.1, -0.05) is 40.9 Å². The SMILES string of the molecule is Cc1ccc(Oc2c(Cl)cc(N3N=CCNC3=O)cc2Cl)cc1.